The Morgan fingerprint density at radius 2 is 1.85 bits per heavy atom. The molecule has 1 N–H and O–H groups in total. The van der Waals surface area contributed by atoms with E-state index in [0.29, 0.717) is 34.7 Å². The normalized spacial score (nSPS) is 12.0. The van der Waals surface area contributed by atoms with Crippen molar-refractivity contribution in [2.75, 3.05) is 12.4 Å². The summed E-state index contributed by atoms with van der Waals surface area (Å²) in [6.45, 7) is 7.56. The van der Waals surface area contributed by atoms with Crippen LogP contribution in [0.3, 0.4) is 0 Å². The molecule has 2 aromatic heterocycles. The summed E-state index contributed by atoms with van der Waals surface area (Å²) in [4.78, 5) is 26.5. The highest BCUT2D eigenvalue weighted by molar-refractivity contribution is 5.95. The lowest BCUT2D eigenvalue weighted by molar-refractivity contribution is -0.119. The molecule has 0 saturated carbocycles. The van der Waals surface area contributed by atoms with Gasteiger partial charge in [0.25, 0.3) is 5.56 Å². The van der Waals surface area contributed by atoms with Crippen LogP contribution in [-0.4, -0.2) is 28.0 Å². The summed E-state index contributed by atoms with van der Waals surface area (Å²) in [6.07, 6.45) is 0.369. The van der Waals surface area contributed by atoms with Gasteiger partial charge in [-0.2, -0.15) is 5.10 Å². The molecule has 0 aliphatic carbocycles. The summed E-state index contributed by atoms with van der Waals surface area (Å²) in [6, 6.07) is 12.2. The van der Waals surface area contributed by atoms with Gasteiger partial charge in [0.1, 0.15) is 23.2 Å². The molecule has 0 bridgehead atoms. The average Bonchev–Trinajstić information content (AvgIpc) is 3.20. The number of carbonyl (C=O) groups is 1. The monoisotopic (exact) mass is 446 g/mol. The molecule has 0 aliphatic heterocycles. The molecule has 0 aliphatic rings. The van der Waals surface area contributed by atoms with Crippen molar-refractivity contribution < 1.29 is 14.1 Å². The molecule has 1 atom stereocenters. The van der Waals surface area contributed by atoms with Gasteiger partial charge in [-0.25, -0.2) is 4.68 Å². The number of aromatic nitrogens is 3. The second-order valence-electron chi connectivity index (χ2n) is 8.00. The van der Waals surface area contributed by atoms with E-state index < -0.39 is 11.6 Å². The van der Waals surface area contributed by atoms with E-state index in [1.807, 2.05) is 63.2 Å². The summed E-state index contributed by atoms with van der Waals surface area (Å²) in [5.41, 5.74) is 3.82. The Hall–Kier alpha value is -3.94. The molecule has 4 rings (SSSR count). The molecular weight excluding hydrogens is 420 g/mol. The zero-order valence-corrected chi connectivity index (χ0v) is 19.3. The SMILES string of the molecule is CCC(C(=O)Nc1ccc(C)c(C)c1)n1nc(-c2ccc(OC)cc2)c2c(C)onc2c1=O. The number of hydrogen-bond donors (Lipinski definition) is 1. The minimum absolute atomic E-state index is 0.144. The van der Waals surface area contributed by atoms with Crippen molar-refractivity contribution in [1.29, 1.82) is 0 Å². The maximum absolute atomic E-state index is 13.3. The van der Waals surface area contributed by atoms with Gasteiger partial charge in [0.15, 0.2) is 5.52 Å². The van der Waals surface area contributed by atoms with E-state index in [0.717, 1.165) is 16.7 Å². The number of benzene rings is 2. The van der Waals surface area contributed by atoms with Crippen LogP contribution < -0.4 is 15.6 Å². The largest absolute Gasteiger partial charge is 0.497 e. The number of fused-ring (bicyclic) bond motifs is 1. The van der Waals surface area contributed by atoms with Crippen molar-refractivity contribution in [3.8, 4) is 17.0 Å². The van der Waals surface area contributed by atoms with Crippen LogP contribution in [0.1, 0.15) is 36.3 Å². The first-order chi connectivity index (χ1) is 15.8. The van der Waals surface area contributed by atoms with Gasteiger partial charge in [-0.1, -0.05) is 18.1 Å². The lowest BCUT2D eigenvalue weighted by atomic mass is 10.1. The Morgan fingerprint density at radius 3 is 2.48 bits per heavy atom. The van der Waals surface area contributed by atoms with E-state index in [2.05, 4.69) is 15.6 Å². The molecule has 8 heteroatoms. The standard InChI is InChI=1S/C25H26N4O4/c1-6-20(24(30)26-18-10-7-14(2)15(3)13-18)29-25(31)23-21(16(4)33-28-23)22(27-29)17-8-11-19(32-5)12-9-17/h7-13,20H,6H2,1-5H3,(H,26,30). The molecule has 2 heterocycles. The Labute approximate surface area is 191 Å². The molecule has 0 spiro atoms. The van der Waals surface area contributed by atoms with Gasteiger partial charge in [-0.15, -0.1) is 0 Å². The van der Waals surface area contributed by atoms with Crippen LogP contribution in [0.5, 0.6) is 5.75 Å². The van der Waals surface area contributed by atoms with Crippen LogP contribution >= 0.6 is 0 Å². The van der Waals surface area contributed by atoms with E-state index in [1.165, 1.54) is 4.68 Å². The number of nitrogens with zero attached hydrogens (tertiary/aromatic N) is 3. The molecule has 1 amide bonds. The molecule has 2 aromatic carbocycles. The minimum Gasteiger partial charge on any atom is -0.497 e. The first-order valence-corrected chi connectivity index (χ1v) is 10.7. The van der Waals surface area contributed by atoms with Crippen LogP contribution in [0.15, 0.2) is 51.8 Å². The fourth-order valence-electron chi connectivity index (χ4n) is 3.78. The molecule has 0 radical (unpaired) electrons. The fourth-order valence-corrected chi connectivity index (χ4v) is 3.78. The van der Waals surface area contributed by atoms with Crippen LogP contribution in [0.4, 0.5) is 5.69 Å². The number of anilines is 1. The van der Waals surface area contributed by atoms with E-state index in [4.69, 9.17) is 9.26 Å². The van der Waals surface area contributed by atoms with E-state index in [1.54, 1.807) is 14.0 Å². The zero-order chi connectivity index (χ0) is 23.7. The van der Waals surface area contributed by atoms with Gasteiger partial charge in [-0.05, 0) is 74.7 Å². The highest BCUT2D eigenvalue weighted by Gasteiger charge is 2.26. The first kappa shape index (κ1) is 22.3. The van der Waals surface area contributed by atoms with Crippen LogP contribution in [0, 0.1) is 20.8 Å². The van der Waals surface area contributed by atoms with Gasteiger partial charge < -0.3 is 14.6 Å². The second kappa shape index (κ2) is 8.90. The highest BCUT2D eigenvalue weighted by atomic mass is 16.5. The lowest BCUT2D eigenvalue weighted by Crippen LogP contribution is -2.35. The fraction of sp³-hybridized carbons (Fsp3) is 0.280. The summed E-state index contributed by atoms with van der Waals surface area (Å²) < 4.78 is 11.8. The average molecular weight is 447 g/mol. The summed E-state index contributed by atoms with van der Waals surface area (Å²) in [5, 5.41) is 12.1. The minimum atomic E-state index is -0.822. The Balaban J connectivity index is 1.81. The molecule has 0 fully saturated rings. The molecule has 0 saturated heterocycles. The Kier molecular flexibility index (Phi) is 6.00. The summed E-state index contributed by atoms with van der Waals surface area (Å²) in [7, 11) is 1.59. The van der Waals surface area contributed by atoms with E-state index >= 15 is 0 Å². The number of rotatable bonds is 6. The molecule has 33 heavy (non-hydrogen) atoms. The highest BCUT2D eigenvalue weighted by Crippen LogP contribution is 2.29. The lowest BCUT2D eigenvalue weighted by Gasteiger charge is -2.18. The number of hydrogen-bond acceptors (Lipinski definition) is 6. The van der Waals surface area contributed by atoms with E-state index in [-0.39, 0.29) is 11.4 Å². The first-order valence-electron chi connectivity index (χ1n) is 10.7. The topological polar surface area (TPSA) is 99.2 Å². The quantitative estimate of drug-likeness (QED) is 0.466. The Bertz CT molecular complexity index is 1390. The number of nitrogens with one attached hydrogen (secondary N) is 1. The predicted molar refractivity (Wildman–Crippen MR) is 127 cm³/mol. The number of carbonyl (C=O) groups excluding carboxylic acids is 1. The maximum Gasteiger partial charge on any atom is 0.297 e. The third kappa shape index (κ3) is 4.11. The van der Waals surface area contributed by atoms with Crippen molar-refractivity contribution in [3.05, 3.63) is 69.7 Å². The van der Waals surface area contributed by atoms with Crippen molar-refractivity contribution >= 4 is 22.5 Å². The van der Waals surface area contributed by atoms with Gasteiger partial charge >= 0.3 is 0 Å². The summed E-state index contributed by atoms with van der Waals surface area (Å²) >= 11 is 0. The van der Waals surface area contributed by atoms with Crippen molar-refractivity contribution in [2.45, 2.75) is 40.2 Å². The van der Waals surface area contributed by atoms with E-state index in [9.17, 15) is 9.59 Å². The number of aryl methyl sites for hydroxylation is 3. The third-order valence-electron chi connectivity index (χ3n) is 5.84. The number of amides is 1. The van der Waals surface area contributed by atoms with Gasteiger partial charge in [0.2, 0.25) is 5.91 Å². The van der Waals surface area contributed by atoms with Gasteiger partial charge in [0.05, 0.1) is 12.5 Å². The predicted octanol–water partition coefficient (Wildman–Crippen LogP) is 4.58. The smallest absolute Gasteiger partial charge is 0.297 e. The summed E-state index contributed by atoms with van der Waals surface area (Å²) in [5.74, 6) is 0.861. The van der Waals surface area contributed by atoms with Crippen molar-refractivity contribution in [3.63, 3.8) is 0 Å². The van der Waals surface area contributed by atoms with Gasteiger partial charge in [0, 0.05) is 11.3 Å². The van der Waals surface area contributed by atoms with Crippen LogP contribution in [0.2, 0.25) is 0 Å². The zero-order valence-electron chi connectivity index (χ0n) is 19.3. The van der Waals surface area contributed by atoms with Crippen molar-refractivity contribution in [1.82, 2.24) is 14.9 Å². The van der Waals surface area contributed by atoms with Crippen molar-refractivity contribution in [2.24, 2.45) is 0 Å². The van der Waals surface area contributed by atoms with Gasteiger partial charge in [-0.3, -0.25) is 9.59 Å². The van der Waals surface area contributed by atoms with Crippen LogP contribution in [-0.2, 0) is 4.79 Å². The number of ether oxygens (including phenoxy) is 1. The maximum atomic E-state index is 13.3. The molecule has 8 nitrogen and oxygen atoms in total. The second-order valence-corrected chi connectivity index (χ2v) is 8.00. The number of methoxy groups -OCH3 is 1. The molecule has 170 valence electrons. The molecule has 4 aromatic rings. The molecule has 1 unspecified atom stereocenters. The third-order valence-corrected chi connectivity index (χ3v) is 5.84. The van der Waals surface area contributed by atoms with Crippen LogP contribution in [0.25, 0.3) is 22.2 Å². The molecular formula is C25H26N4O4. The Morgan fingerprint density at radius 1 is 1.12 bits per heavy atom.